The average Bonchev–Trinajstić information content (AvgIpc) is 3.45. The molecule has 3 aromatic carbocycles. The van der Waals surface area contributed by atoms with E-state index in [1.807, 2.05) is 6.92 Å². The van der Waals surface area contributed by atoms with Gasteiger partial charge in [0.25, 0.3) is 10.0 Å². The normalized spacial score (nSPS) is 14.5. The van der Waals surface area contributed by atoms with Crippen molar-refractivity contribution in [1.29, 1.82) is 0 Å². The number of anilines is 1. The van der Waals surface area contributed by atoms with Crippen LogP contribution in [0.4, 0.5) is 10.1 Å². The molecular formula is C31H35ClFN3O4S. The molecule has 0 heterocycles. The minimum absolute atomic E-state index is 0.000256. The van der Waals surface area contributed by atoms with E-state index in [2.05, 4.69) is 5.32 Å². The highest BCUT2D eigenvalue weighted by molar-refractivity contribution is 7.92. The van der Waals surface area contributed by atoms with Gasteiger partial charge in [0.1, 0.15) is 18.4 Å². The van der Waals surface area contributed by atoms with Crippen LogP contribution in [0, 0.1) is 19.7 Å². The van der Waals surface area contributed by atoms with Crippen molar-refractivity contribution in [3.63, 3.8) is 0 Å². The third-order valence-electron chi connectivity index (χ3n) is 7.50. The van der Waals surface area contributed by atoms with Crippen LogP contribution in [0.3, 0.4) is 0 Å². The summed E-state index contributed by atoms with van der Waals surface area (Å²) in [5.41, 5.74) is 2.03. The van der Waals surface area contributed by atoms with Crippen LogP contribution in [0.25, 0.3) is 0 Å². The second-order valence-corrected chi connectivity index (χ2v) is 12.8. The summed E-state index contributed by atoms with van der Waals surface area (Å²) in [6.45, 7) is 4.38. The van der Waals surface area contributed by atoms with Gasteiger partial charge in [-0.1, -0.05) is 66.4 Å². The molecule has 4 rings (SSSR count). The molecule has 0 saturated heterocycles. The topological polar surface area (TPSA) is 86.8 Å². The zero-order valence-corrected chi connectivity index (χ0v) is 25.0. The molecule has 1 aliphatic rings. The third kappa shape index (κ3) is 7.26. The van der Waals surface area contributed by atoms with Crippen LogP contribution < -0.4 is 9.62 Å². The van der Waals surface area contributed by atoms with Gasteiger partial charge in [0.05, 0.1) is 10.6 Å². The highest BCUT2D eigenvalue weighted by Gasteiger charge is 2.33. The Labute approximate surface area is 246 Å². The number of hydrogen-bond acceptors (Lipinski definition) is 4. The Morgan fingerprint density at radius 3 is 2.32 bits per heavy atom. The first-order valence-electron chi connectivity index (χ1n) is 13.7. The Morgan fingerprint density at radius 1 is 1.02 bits per heavy atom. The van der Waals surface area contributed by atoms with Gasteiger partial charge in [0.2, 0.25) is 11.8 Å². The van der Waals surface area contributed by atoms with E-state index < -0.39 is 34.3 Å². The fourth-order valence-corrected chi connectivity index (χ4v) is 6.47. The van der Waals surface area contributed by atoms with Crippen LogP contribution in [0.1, 0.15) is 49.3 Å². The molecule has 2 amide bonds. The Morgan fingerprint density at radius 2 is 1.68 bits per heavy atom. The number of amides is 2. The Hall–Kier alpha value is -3.43. The van der Waals surface area contributed by atoms with E-state index in [0.717, 1.165) is 41.1 Å². The minimum Gasteiger partial charge on any atom is -0.352 e. The molecule has 1 aliphatic carbocycles. The molecule has 218 valence electrons. The standard InChI is InChI=1S/C31H35ClFN3O4S/c1-21-12-16-27(17-13-21)41(39,40)36(26-15-14-22(2)28(32)18-26)20-30(37)35(19-24-8-4-7-11-29(24)33)23(3)31(38)34-25-9-5-6-10-25/h4,7-8,11-18,23,25H,5-6,9-10,19-20H2,1-3H3,(H,34,38)/t23-/m1/s1. The molecule has 10 heteroatoms. The number of halogens is 2. The Bertz CT molecular complexity index is 1510. The lowest BCUT2D eigenvalue weighted by atomic mass is 10.1. The largest absolute Gasteiger partial charge is 0.352 e. The zero-order valence-electron chi connectivity index (χ0n) is 23.4. The summed E-state index contributed by atoms with van der Waals surface area (Å²) in [4.78, 5) is 28.5. The highest BCUT2D eigenvalue weighted by atomic mass is 35.5. The Kier molecular flexibility index (Phi) is 9.71. The van der Waals surface area contributed by atoms with Crippen molar-refractivity contribution in [2.75, 3.05) is 10.8 Å². The summed E-state index contributed by atoms with van der Waals surface area (Å²) in [6, 6.07) is 16.1. The molecule has 7 nitrogen and oxygen atoms in total. The minimum atomic E-state index is -4.22. The van der Waals surface area contributed by atoms with Crippen LogP contribution in [0.5, 0.6) is 0 Å². The van der Waals surface area contributed by atoms with Crippen LogP contribution in [0.2, 0.25) is 5.02 Å². The van der Waals surface area contributed by atoms with Crippen molar-refractivity contribution in [3.05, 3.63) is 94.3 Å². The predicted molar refractivity (Wildman–Crippen MR) is 159 cm³/mol. The Balaban J connectivity index is 1.71. The zero-order chi connectivity index (χ0) is 29.7. The number of sulfonamides is 1. The van der Waals surface area contributed by atoms with E-state index in [0.29, 0.717) is 5.02 Å². The fraction of sp³-hybridized carbons (Fsp3) is 0.355. The van der Waals surface area contributed by atoms with Crippen molar-refractivity contribution < 1.29 is 22.4 Å². The second kappa shape index (κ2) is 13.0. The van der Waals surface area contributed by atoms with Gasteiger partial charge >= 0.3 is 0 Å². The smallest absolute Gasteiger partial charge is 0.264 e. The molecule has 0 unspecified atom stereocenters. The van der Waals surface area contributed by atoms with E-state index >= 15 is 0 Å². The number of aryl methyl sites for hydroxylation is 2. The molecular weight excluding hydrogens is 565 g/mol. The molecule has 0 aromatic heterocycles. The molecule has 3 aromatic rings. The van der Waals surface area contributed by atoms with Crippen molar-refractivity contribution in [1.82, 2.24) is 10.2 Å². The molecule has 1 fully saturated rings. The number of carbonyl (C=O) groups excluding carboxylic acids is 2. The van der Waals surface area contributed by atoms with Crippen LogP contribution >= 0.6 is 11.6 Å². The molecule has 0 aliphatic heterocycles. The maximum absolute atomic E-state index is 14.7. The quantitative estimate of drug-likeness (QED) is 0.321. The lowest BCUT2D eigenvalue weighted by molar-refractivity contribution is -0.139. The first-order valence-corrected chi connectivity index (χ1v) is 15.5. The maximum atomic E-state index is 14.7. The van der Waals surface area contributed by atoms with Gasteiger partial charge < -0.3 is 10.2 Å². The predicted octanol–water partition coefficient (Wildman–Crippen LogP) is 5.77. The van der Waals surface area contributed by atoms with Gasteiger partial charge in [-0.05, 0) is 69.5 Å². The summed E-state index contributed by atoms with van der Waals surface area (Å²) in [6.07, 6.45) is 3.75. The van der Waals surface area contributed by atoms with Gasteiger partial charge in [-0.25, -0.2) is 12.8 Å². The number of hydrogen-bond donors (Lipinski definition) is 1. The summed E-state index contributed by atoms with van der Waals surface area (Å²) < 4.78 is 43.5. The van der Waals surface area contributed by atoms with Gasteiger partial charge in [0, 0.05) is 23.2 Å². The summed E-state index contributed by atoms with van der Waals surface area (Å²) in [5.74, 6) is -1.55. The summed E-state index contributed by atoms with van der Waals surface area (Å²) in [5, 5.41) is 3.34. The van der Waals surface area contributed by atoms with E-state index in [1.165, 1.54) is 41.3 Å². The van der Waals surface area contributed by atoms with E-state index in [9.17, 15) is 22.4 Å². The molecule has 0 bridgehead atoms. The molecule has 1 N–H and O–H groups in total. The number of rotatable bonds is 10. The van der Waals surface area contributed by atoms with E-state index in [1.54, 1.807) is 44.2 Å². The lowest BCUT2D eigenvalue weighted by Gasteiger charge is -2.32. The second-order valence-electron chi connectivity index (χ2n) is 10.5. The van der Waals surface area contributed by atoms with Gasteiger partial charge in [-0.15, -0.1) is 0 Å². The SMILES string of the molecule is Cc1ccc(S(=O)(=O)N(CC(=O)N(Cc2ccccc2F)[C@H](C)C(=O)NC2CCCC2)c2ccc(C)c(Cl)c2)cc1. The van der Waals surface area contributed by atoms with Gasteiger partial charge in [0.15, 0.2) is 0 Å². The molecule has 1 atom stereocenters. The monoisotopic (exact) mass is 599 g/mol. The summed E-state index contributed by atoms with van der Waals surface area (Å²) in [7, 11) is -4.22. The fourth-order valence-electron chi connectivity index (χ4n) is 4.89. The molecule has 0 spiro atoms. The van der Waals surface area contributed by atoms with Crippen LogP contribution in [0.15, 0.2) is 71.6 Å². The van der Waals surface area contributed by atoms with Crippen LogP contribution in [-0.2, 0) is 26.2 Å². The number of carbonyl (C=O) groups is 2. The van der Waals surface area contributed by atoms with E-state index in [4.69, 9.17) is 11.6 Å². The molecule has 41 heavy (non-hydrogen) atoms. The van der Waals surface area contributed by atoms with Crippen molar-refractivity contribution >= 4 is 39.1 Å². The maximum Gasteiger partial charge on any atom is 0.264 e. The average molecular weight is 600 g/mol. The number of nitrogens with one attached hydrogen (secondary N) is 1. The van der Waals surface area contributed by atoms with Crippen molar-refractivity contribution in [3.8, 4) is 0 Å². The van der Waals surface area contributed by atoms with Gasteiger partial charge in [-0.2, -0.15) is 0 Å². The first kappa shape index (κ1) is 30.5. The lowest BCUT2D eigenvalue weighted by Crippen LogP contribution is -2.52. The van der Waals surface area contributed by atoms with Gasteiger partial charge in [-0.3, -0.25) is 13.9 Å². The number of nitrogens with zero attached hydrogens (tertiary/aromatic N) is 2. The molecule has 1 saturated carbocycles. The molecule has 0 radical (unpaired) electrons. The van der Waals surface area contributed by atoms with Crippen molar-refractivity contribution in [2.24, 2.45) is 0 Å². The number of benzene rings is 3. The van der Waals surface area contributed by atoms with Crippen LogP contribution in [-0.4, -0.2) is 43.8 Å². The summed E-state index contributed by atoms with van der Waals surface area (Å²) >= 11 is 6.36. The van der Waals surface area contributed by atoms with E-state index in [-0.39, 0.29) is 34.6 Å². The first-order chi connectivity index (χ1) is 19.5. The third-order valence-corrected chi connectivity index (χ3v) is 9.69. The highest BCUT2D eigenvalue weighted by Crippen LogP contribution is 2.29. The van der Waals surface area contributed by atoms with Crippen molar-refractivity contribution in [2.45, 2.75) is 70.0 Å².